The van der Waals surface area contributed by atoms with E-state index in [1.165, 1.54) is 29.8 Å². The van der Waals surface area contributed by atoms with Crippen LogP contribution in [0.15, 0.2) is 48.5 Å². The Labute approximate surface area is 181 Å². The van der Waals surface area contributed by atoms with E-state index in [1.807, 2.05) is 19.1 Å². The summed E-state index contributed by atoms with van der Waals surface area (Å²) in [6, 6.07) is 12.9. The third-order valence-electron chi connectivity index (χ3n) is 5.11. The second kappa shape index (κ2) is 9.21. The van der Waals surface area contributed by atoms with Crippen LogP contribution in [-0.4, -0.2) is 35.2 Å². The number of rotatable bonds is 5. The summed E-state index contributed by atoms with van der Waals surface area (Å²) in [5.74, 6) is -0.645. The maximum Gasteiger partial charge on any atom is 0.329 e. The first kappa shape index (κ1) is 22.3. The molecule has 3 rings (SSSR count). The summed E-state index contributed by atoms with van der Waals surface area (Å²) < 4.78 is 18.7. The first-order valence-electron chi connectivity index (χ1n) is 10.2. The lowest BCUT2D eigenvalue weighted by Crippen LogP contribution is -2.44. The zero-order valence-electron chi connectivity index (χ0n) is 17.9. The molecule has 0 bridgehead atoms. The number of carbonyl (C=O) groups excluding carboxylic acids is 2. The normalized spacial score (nSPS) is 19.0. The molecule has 4 nitrogen and oxygen atoms in total. The van der Waals surface area contributed by atoms with E-state index >= 15 is 0 Å². The molecule has 30 heavy (non-hydrogen) atoms. The van der Waals surface area contributed by atoms with Crippen LogP contribution >= 0.6 is 11.8 Å². The second-order valence-corrected chi connectivity index (χ2v) is 9.57. The number of amides is 1. The lowest BCUT2D eigenvalue weighted by molar-refractivity contribution is -0.148. The molecule has 2 aromatic rings. The Balaban J connectivity index is 1.93. The molecule has 0 N–H and O–H groups in total. The Morgan fingerprint density at radius 2 is 1.73 bits per heavy atom. The van der Waals surface area contributed by atoms with Crippen molar-refractivity contribution in [3.63, 3.8) is 0 Å². The van der Waals surface area contributed by atoms with Gasteiger partial charge >= 0.3 is 5.97 Å². The van der Waals surface area contributed by atoms with Gasteiger partial charge in [-0.05, 0) is 47.2 Å². The van der Waals surface area contributed by atoms with Crippen molar-refractivity contribution in [1.29, 1.82) is 0 Å². The van der Waals surface area contributed by atoms with Crippen molar-refractivity contribution in [2.24, 2.45) is 0 Å². The second-order valence-electron chi connectivity index (χ2n) is 8.46. The standard InChI is InChI=1S/C24H28FNO3S/c1-5-14-29-23(28)20-15-30-22(17-6-10-18(11-7-17)24(2,3)4)26(20)21(27)16-8-12-19(25)13-9-16/h6-13,20,22H,5,14-15H2,1-4H3. The van der Waals surface area contributed by atoms with Crippen molar-refractivity contribution >= 4 is 23.6 Å². The molecule has 2 atom stereocenters. The monoisotopic (exact) mass is 429 g/mol. The Hall–Kier alpha value is -2.34. The molecule has 2 aromatic carbocycles. The molecule has 0 saturated carbocycles. The van der Waals surface area contributed by atoms with Crippen LogP contribution in [0, 0.1) is 5.82 Å². The quantitative estimate of drug-likeness (QED) is 0.603. The summed E-state index contributed by atoms with van der Waals surface area (Å²) in [7, 11) is 0. The van der Waals surface area contributed by atoms with Crippen molar-refractivity contribution < 1.29 is 18.7 Å². The summed E-state index contributed by atoms with van der Waals surface area (Å²) in [4.78, 5) is 27.6. The summed E-state index contributed by atoms with van der Waals surface area (Å²) in [6.45, 7) is 8.70. The third kappa shape index (κ3) is 4.86. The van der Waals surface area contributed by atoms with E-state index in [1.54, 1.807) is 16.7 Å². The molecule has 1 saturated heterocycles. The topological polar surface area (TPSA) is 46.6 Å². The highest BCUT2D eigenvalue weighted by molar-refractivity contribution is 7.99. The maximum absolute atomic E-state index is 13.3. The van der Waals surface area contributed by atoms with Gasteiger partial charge < -0.3 is 9.64 Å². The van der Waals surface area contributed by atoms with Crippen molar-refractivity contribution in [1.82, 2.24) is 4.90 Å². The number of halogens is 1. The van der Waals surface area contributed by atoms with Gasteiger partial charge in [0.25, 0.3) is 5.91 Å². The molecule has 0 aromatic heterocycles. The molecule has 0 aliphatic carbocycles. The van der Waals surface area contributed by atoms with E-state index in [2.05, 4.69) is 32.9 Å². The van der Waals surface area contributed by atoms with Crippen LogP contribution in [0.5, 0.6) is 0 Å². The Kier molecular flexibility index (Phi) is 6.86. The Morgan fingerprint density at radius 3 is 2.30 bits per heavy atom. The zero-order valence-corrected chi connectivity index (χ0v) is 18.7. The average Bonchev–Trinajstić information content (AvgIpc) is 3.16. The molecular weight excluding hydrogens is 401 g/mol. The van der Waals surface area contributed by atoms with Gasteiger partial charge in [0.15, 0.2) is 0 Å². The SMILES string of the molecule is CCCOC(=O)C1CSC(c2ccc(C(C)(C)C)cc2)N1C(=O)c1ccc(F)cc1. The van der Waals surface area contributed by atoms with E-state index in [-0.39, 0.29) is 16.7 Å². The van der Waals surface area contributed by atoms with Crippen molar-refractivity contribution in [2.45, 2.75) is 50.9 Å². The zero-order chi connectivity index (χ0) is 21.9. The number of ether oxygens (including phenoxy) is 1. The van der Waals surface area contributed by atoms with E-state index in [9.17, 15) is 14.0 Å². The summed E-state index contributed by atoms with van der Waals surface area (Å²) >= 11 is 1.54. The Morgan fingerprint density at radius 1 is 1.10 bits per heavy atom. The van der Waals surface area contributed by atoms with Crippen molar-refractivity contribution in [3.05, 3.63) is 71.0 Å². The van der Waals surface area contributed by atoms with Crippen LogP contribution in [0.1, 0.15) is 61.0 Å². The molecule has 2 unspecified atom stereocenters. The van der Waals surface area contributed by atoms with Crippen molar-refractivity contribution in [3.8, 4) is 0 Å². The molecule has 6 heteroatoms. The predicted octanol–water partition coefficient (Wildman–Crippen LogP) is 5.33. The average molecular weight is 430 g/mol. The number of thioether (sulfide) groups is 1. The lowest BCUT2D eigenvalue weighted by Gasteiger charge is -2.29. The van der Waals surface area contributed by atoms with Crippen LogP contribution in [0.25, 0.3) is 0 Å². The number of esters is 1. The van der Waals surface area contributed by atoms with Gasteiger partial charge in [-0.2, -0.15) is 0 Å². The number of benzene rings is 2. The van der Waals surface area contributed by atoms with Gasteiger partial charge in [0.1, 0.15) is 17.2 Å². The molecule has 0 spiro atoms. The first-order valence-corrected chi connectivity index (χ1v) is 11.2. The number of hydrogen-bond donors (Lipinski definition) is 0. The van der Waals surface area contributed by atoms with Crippen LogP contribution < -0.4 is 0 Å². The highest BCUT2D eigenvalue weighted by Gasteiger charge is 2.43. The fourth-order valence-electron chi connectivity index (χ4n) is 3.38. The van der Waals surface area contributed by atoms with Crippen molar-refractivity contribution in [2.75, 3.05) is 12.4 Å². The number of hydrogen-bond acceptors (Lipinski definition) is 4. The molecule has 0 radical (unpaired) electrons. The summed E-state index contributed by atoms with van der Waals surface area (Å²) in [5.41, 5.74) is 2.53. The minimum Gasteiger partial charge on any atom is -0.464 e. The van der Waals surface area contributed by atoms with E-state index < -0.39 is 17.8 Å². The highest BCUT2D eigenvalue weighted by atomic mass is 32.2. The van der Waals surface area contributed by atoms with Gasteiger partial charge in [-0.15, -0.1) is 11.8 Å². The van der Waals surface area contributed by atoms with Crippen LogP contribution in [0.3, 0.4) is 0 Å². The lowest BCUT2D eigenvalue weighted by atomic mass is 9.86. The van der Waals surface area contributed by atoms with Gasteiger partial charge in [-0.1, -0.05) is 52.0 Å². The minimum absolute atomic E-state index is 0.0253. The molecule has 1 fully saturated rings. The number of nitrogens with zero attached hydrogens (tertiary/aromatic N) is 1. The number of carbonyl (C=O) groups is 2. The van der Waals surface area contributed by atoms with Gasteiger partial charge in [0.2, 0.25) is 0 Å². The van der Waals surface area contributed by atoms with E-state index in [0.29, 0.717) is 17.9 Å². The van der Waals surface area contributed by atoms with E-state index in [4.69, 9.17) is 4.74 Å². The molecule has 1 heterocycles. The van der Waals surface area contributed by atoms with E-state index in [0.717, 1.165) is 12.0 Å². The summed E-state index contributed by atoms with van der Waals surface area (Å²) in [5, 5.41) is -0.309. The first-order chi connectivity index (χ1) is 14.2. The molecule has 1 amide bonds. The highest BCUT2D eigenvalue weighted by Crippen LogP contribution is 2.43. The molecule has 1 aliphatic rings. The Bertz CT molecular complexity index is 890. The predicted molar refractivity (Wildman–Crippen MR) is 118 cm³/mol. The largest absolute Gasteiger partial charge is 0.464 e. The van der Waals surface area contributed by atoms with Crippen LogP contribution in [0.2, 0.25) is 0 Å². The van der Waals surface area contributed by atoms with Gasteiger partial charge in [0, 0.05) is 11.3 Å². The summed E-state index contributed by atoms with van der Waals surface area (Å²) in [6.07, 6.45) is 0.717. The van der Waals surface area contributed by atoms with Crippen LogP contribution in [-0.2, 0) is 14.9 Å². The van der Waals surface area contributed by atoms with Gasteiger partial charge in [0.05, 0.1) is 6.61 Å². The maximum atomic E-state index is 13.3. The molecular formula is C24H28FNO3S. The molecule has 1 aliphatic heterocycles. The molecule has 160 valence electrons. The minimum atomic E-state index is -0.675. The van der Waals surface area contributed by atoms with Gasteiger partial charge in [-0.3, -0.25) is 4.79 Å². The smallest absolute Gasteiger partial charge is 0.329 e. The van der Waals surface area contributed by atoms with Gasteiger partial charge in [-0.25, -0.2) is 9.18 Å². The van der Waals surface area contributed by atoms with Crippen LogP contribution in [0.4, 0.5) is 4.39 Å². The fraction of sp³-hybridized carbons (Fsp3) is 0.417. The third-order valence-corrected chi connectivity index (χ3v) is 6.43. The fourth-order valence-corrected chi connectivity index (χ4v) is 4.80.